The first kappa shape index (κ1) is 16.2. The quantitative estimate of drug-likeness (QED) is 0.578. The summed E-state index contributed by atoms with van der Waals surface area (Å²) in [5, 5.41) is 12.6. The predicted molar refractivity (Wildman–Crippen MR) is 79.0 cm³/mol. The van der Waals surface area contributed by atoms with Crippen molar-refractivity contribution in [3.8, 4) is 11.5 Å². The van der Waals surface area contributed by atoms with Gasteiger partial charge < -0.3 is 9.47 Å². The van der Waals surface area contributed by atoms with Gasteiger partial charge in [0.05, 0.1) is 13.3 Å². The van der Waals surface area contributed by atoms with E-state index in [0.717, 1.165) is 5.75 Å². The van der Waals surface area contributed by atoms with Gasteiger partial charge in [-0.15, -0.1) is 10.2 Å². The van der Waals surface area contributed by atoms with Crippen molar-refractivity contribution >= 4 is 18.0 Å². The van der Waals surface area contributed by atoms with Gasteiger partial charge in [0.25, 0.3) is 0 Å². The van der Waals surface area contributed by atoms with E-state index in [9.17, 15) is 8.78 Å². The van der Waals surface area contributed by atoms with Gasteiger partial charge in [0.1, 0.15) is 6.33 Å². The number of halogens is 2. The number of methoxy groups -OCH3 is 1. The number of ether oxygens (including phenoxy) is 2. The van der Waals surface area contributed by atoms with Gasteiger partial charge in [-0.25, -0.2) is 0 Å². The highest BCUT2D eigenvalue weighted by Crippen LogP contribution is 2.29. The van der Waals surface area contributed by atoms with Crippen molar-refractivity contribution in [1.82, 2.24) is 14.9 Å². The zero-order chi connectivity index (χ0) is 15.9. The minimum absolute atomic E-state index is 0.0267. The average molecular weight is 328 g/mol. The van der Waals surface area contributed by atoms with Crippen LogP contribution in [-0.4, -0.2) is 40.6 Å². The Labute approximate surface area is 130 Å². The topological polar surface area (TPSA) is 61.5 Å². The van der Waals surface area contributed by atoms with Gasteiger partial charge in [-0.05, 0) is 29.5 Å². The number of hydrogen-bond acceptors (Lipinski definition) is 6. The van der Waals surface area contributed by atoms with E-state index in [-0.39, 0.29) is 11.5 Å². The van der Waals surface area contributed by atoms with E-state index in [0.29, 0.717) is 10.7 Å². The van der Waals surface area contributed by atoms with Crippen LogP contribution in [0.5, 0.6) is 11.5 Å². The molecule has 118 valence electrons. The molecule has 22 heavy (non-hydrogen) atoms. The number of alkyl halides is 2. The predicted octanol–water partition coefficient (Wildman–Crippen LogP) is 2.88. The third-order valence-corrected chi connectivity index (χ3v) is 3.32. The molecule has 0 aliphatic heterocycles. The Morgan fingerprint density at radius 1 is 1.41 bits per heavy atom. The Hall–Kier alpha value is -2.16. The molecule has 0 radical (unpaired) electrons. The van der Waals surface area contributed by atoms with Crippen molar-refractivity contribution in [1.29, 1.82) is 0 Å². The number of hydrogen-bond donors (Lipinski definition) is 0. The molecule has 0 amide bonds. The molecule has 0 saturated heterocycles. The smallest absolute Gasteiger partial charge is 0.387 e. The van der Waals surface area contributed by atoms with Gasteiger partial charge in [-0.1, -0.05) is 18.7 Å². The van der Waals surface area contributed by atoms with E-state index >= 15 is 0 Å². The van der Waals surface area contributed by atoms with Crippen LogP contribution in [0.3, 0.4) is 0 Å². The molecule has 6 nitrogen and oxygen atoms in total. The lowest BCUT2D eigenvalue weighted by molar-refractivity contribution is -0.0512. The molecule has 0 fully saturated rings. The largest absolute Gasteiger partial charge is 0.493 e. The van der Waals surface area contributed by atoms with Gasteiger partial charge in [-0.3, -0.25) is 0 Å². The number of thioether (sulfide) groups is 1. The third-order valence-electron chi connectivity index (χ3n) is 2.51. The second-order valence-corrected chi connectivity index (χ2v) is 5.16. The van der Waals surface area contributed by atoms with Crippen LogP contribution in [0.2, 0.25) is 0 Å². The van der Waals surface area contributed by atoms with Crippen LogP contribution in [0.4, 0.5) is 8.78 Å². The second-order valence-electron chi connectivity index (χ2n) is 3.92. The first-order chi connectivity index (χ1) is 10.6. The van der Waals surface area contributed by atoms with E-state index < -0.39 is 6.61 Å². The summed E-state index contributed by atoms with van der Waals surface area (Å²) in [4.78, 5) is 0. The molecule has 0 saturated carbocycles. The maximum atomic E-state index is 12.3. The lowest BCUT2D eigenvalue weighted by Gasteiger charge is -2.09. The fourth-order valence-corrected chi connectivity index (χ4v) is 2.20. The molecule has 0 unspecified atom stereocenters. The Bertz CT molecular complexity index is 649. The van der Waals surface area contributed by atoms with Crippen molar-refractivity contribution in [2.45, 2.75) is 18.7 Å². The van der Waals surface area contributed by atoms with Crippen molar-refractivity contribution in [3.63, 3.8) is 0 Å². The van der Waals surface area contributed by atoms with Gasteiger partial charge in [0.2, 0.25) is 5.16 Å². The Morgan fingerprint density at radius 2 is 2.23 bits per heavy atom. The molecule has 0 N–H and O–H groups in total. The zero-order valence-corrected chi connectivity index (χ0v) is 12.8. The monoisotopic (exact) mass is 328 g/mol. The summed E-state index contributed by atoms with van der Waals surface area (Å²) in [6, 6.07) is 4.55. The van der Waals surface area contributed by atoms with Crippen LogP contribution in [0, 0.1) is 0 Å². The lowest BCUT2D eigenvalue weighted by Crippen LogP contribution is -2.03. The molecular weight excluding hydrogens is 314 g/mol. The van der Waals surface area contributed by atoms with Gasteiger partial charge in [0, 0.05) is 0 Å². The Balaban J connectivity index is 2.18. The molecule has 1 aromatic heterocycles. The number of rotatable bonds is 7. The maximum absolute atomic E-state index is 12.3. The number of nitrogens with zero attached hydrogens (tertiary/aromatic N) is 4. The summed E-state index contributed by atoms with van der Waals surface area (Å²) in [5.41, 5.74) is 0.666. The molecule has 0 aliphatic carbocycles. The summed E-state index contributed by atoms with van der Waals surface area (Å²) in [6.07, 6.45) is 3.04. The van der Waals surface area contributed by atoms with Gasteiger partial charge in [-0.2, -0.15) is 18.6 Å². The van der Waals surface area contributed by atoms with Crippen LogP contribution in [0.15, 0.2) is 34.8 Å². The summed E-state index contributed by atoms with van der Waals surface area (Å²) >= 11 is 1.51. The molecule has 9 heteroatoms. The maximum Gasteiger partial charge on any atom is 0.387 e. The number of benzene rings is 1. The first-order valence-corrected chi connectivity index (χ1v) is 7.32. The molecule has 1 heterocycles. The molecule has 0 aliphatic rings. The Morgan fingerprint density at radius 3 is 2.91 bits per heavy atom. The summed E-state index contributed by atoms with van der Waals surface area (Å²) < 4.78 is 35.5. The van der Waals surface area contributed by atoms with Crippen molar-refractivity contribution < 1.29 is 18.3 Å². The van der Waals surface area contributed by atoms with Crippen LogP contribution < -0.4 is 9.47 Å². The molecule has 0 spiro atoms. The molecule has 2 aromatic rings. The van der Waals surface area contributed by atoms with E-state index in [1.807, 2.05) is 6.92 Å². The normalized spacial score (nSPS) is 11.3. The molecule has 0 atom stereocenters. The van der Waals surface area contributed by atoms with Crippen LogP contribution in [0.25, 0.3) is 0 Å². The van der Waals surface area contributed by atoms with Crippen LogP contribution in [0.1, 0.15) is 12.5 Å². The fraction of sp³-hybridized carbons (Fsp3) is 0.308. The molecular formula is C13H14F2N4O2S. The van der Waals surface area contributed by atoms with Crippen molar-refractivity contribution in [3.05, 3.63) is 30.1 Å². The van der Waals surface area contributed by atoms with E-state index in [4.69, 9.17) is 4.74 Å². The van der Waals surface area contributed by atoms with E-state index in [1.54, 1.807) is 18.3 Å². The SMILES string of the molecule is CCSc1nncn1N=Cc1ccc(OC(F)F)c(OC)c1. The Kier molecular flexibility index (Phi) is 5.70. The summed E-state index contributed by atoms with van der Waals surface area (Å²) in [7, 11) is 1.38. The fourth-order valence-electron chi connectivity index (χ4n) is 1.61. The minimum atomic E-state index is -2.90. The van der Waals surface area contributed by atoms with Gasteiger partial charge in [0.15, 0.2) is 11.5 Å². The standard InChI is InChI=1S/C13H14F2N4O2S/c1-3-22-13-18-16-8-19(13)17-7-9-4-5-10(21-12(14)15)11(6-9)20-2/h4-8,12H,3H2,1-2H3. The minimum Gasteiger partial charge on any atom is -0.493 e. The van der Waals surface area contributed by atoms with Crippen molar-refractivity contribution in [2.75, 3.05) is 12.9 Å². The lowest BCUT2D eigenvalue weighted by atomic mass is 10.2. The van der Waals surface area contributed by atoms with Gasteiger partial charge >= 0.3 is 6.61 Å². The van der Waals surface area contributed by atoms with E-state index in [1.165, 1.54) is 35.9 Å². The van der Waals surface area contributed by atoms with Crippen LogP contribution in [-0.2, 0) is 0 Å². The van der Waals surface area contributed by atoms with Crippen molar-refractivity contribution in [2.24, 2.45) is 5.10 Å². The van der Waals surface area contributed by atoms with E-state index in [2.05, 4.69) is 20.0 Å². The molecule has 1 aromatic carbocycles. The summed E-state index contributed by atoms with van der Waals surface area (Å²) in [6.45, 7) is -0.904. The highest BCUT2D eigenvalue weighted by atomic mass is 32.2. The average Bonchev–Trinajstić information content (AvgIpc) is 2.93. The third kappa shape index (κ3) is 4.17. The first-order valence-electron chi connectivity index (χ1n) is 6.34. The molecule has 2 rings (SSSR count). The van der Waals surface area contributed by atoms with Crippen LogP contribution >= 0.6 is 11.8 Å². The summed E-state index contributed by atoms with van der Waals surface area (Å²) in [5.74, 6) is 1.03. The highest BCUT2D eigenvalue weighted by Gasteiger charge is 2.10. The number of aromatic nitrogens is 3. The molecule has 0 bridgehead atoms. The second kappa shape index (κ2) is 7.74. The zero-order valence-electron chi connectivity index (χ0n) is 11.9. The highest BCUT2D eigenvalue weighted by molar-refractivity contribution is 7.99.